The van der Waals surface area contributed by atoms with Gasteiger partial charge in [0.2, 0.25) is 27.7 Å². The SMILES string of the molecule is Cc1nc2cccc(F)c2nc1O[C@@H]1C[C@H]2C(=O)N[C@]3(C(=O)NS(=O)(=O)C4(C)CC4)C[C@H]3/C=C\CCCCC[C@H](N)C(=O)N2C1. The fraction of sp³-hybridized carbons (Fsp3) is 0.581. The summed E-state index contributed by atoms with van der Waals surface area (Å²) >= 11 is 0. The van der Waals surface area contributed by atoms with Gasteiger partial charge in [0.15, 0.2) is 5.82 Å². The molecule has 12 nitrogen and oxygen atoms in total. The van der Waals surface area contributed by atoms with Crippen LogP contribution in [-0.2, 0) is 24.4 Å². The van der Waals surface area contributed by atoms with Crippen LogP contribution in [0, 0.1) is 18.7 Å². The van der Waals surface area contributed by atoms with Gasteiger partial charge >= 0.3 is 0 Å². The van der Waals surface area contributed by atoms with E-state index in [1.165, 1.54) is 17.0 Å². The number of amides is 3. The normalized spacial score (nSPS) is 30.7. The van der Waals surface area contributed by atoms with E-state index in [9.17, 15) is 27.2 Å². The van der Waals surface area contributed by atoms with E-state index in [0.29, 0.717) is 30.5 Å². The Labute approximate surface area is 261 Å². The van der Waals surface area contributed by atoms with Crippen molar-refractivity contribution in [3.63, 3.8) is 0 Å². The number of carbonyl (C=O) groups excluding carboxylic acids is 3. The van der Waals surface area contributed by atoms with E-state index < -0.39 is 68.0 Å². The number of hydrogen-bond donors (Lipinski definition) is 3. The number of aryl methyl sites for hydroxylation is 1. The molecule has 14 heteroatoms. The first-order chi connectivity index (χ1) is 21.3. The first kappa shape index (κ1) is 31.3. The number of nitrogens with zero attached hydrogens (tertiary/aromatic N) is 3. The maximum Gasteiger partial charge on any atom is 0.259 e. The molecule has 6 rings (SSSR count). The predicted octanol–water partition coefficient (Wildman–Crippen LogP) is 2.15. The largest absolute Gasteiger partial charge is 0.471 e. The number of benzene rings is 1. The van der Waals surface area contributed by atoms with Gasteiger partial charge < -0.3 is 20.7 Å². The highest BCUT2D eigenvalue weighted by molar-refractivity contribution is 7.91. The molecule has 3 fully saturated rings. The van der Waals surface area contributed by atoms with Crippen LogP contribution in [0.1, 0.15) is 70.4 Å². The van der Waals surface area contributed by atoms with E-state index in [1.54, 1.807) is 19.9 Å². The quantitative estimate of drug-likeness (QED) is 0.413. The van der Waals surface area contributed by atoms with Gasteiger partial charge in [-0.2, -0.15) is 0 Å². The lowest BCUT2D eigenvalue weighted by atomic mass is 10.1. The maximum absolute atomic E-state index is 14.5. The highest BCUT2D eigenvalue weighted by atomic mass is 32.2. The minimum absolute atomic E-state index is 0.0102. The molecule has 0 unspecified atom stereocenters. The molecule has 1 saturated heterocycles. The van der Waals surface area contributed by atoms with Crippen LogP contribution in [0.25, 0.3) is 11.0 Å². The molecule has 4 aliphatic rings. The van der Waals surface area contributed by atoms with Crippen LogP contribution < -0.4 is 20.5 Å². The van der Waals surface area contributed by atoms with Gasteiger partial charge in [0.1, 0.15) is 28.9 Å². The van der Waals surface area contributed by atoms with Gasteiger partial charge in [0.25, 0.3) is 5.91 Å². The standard InChI is InChI=1S/C31H39FN6O6S/c1-18-27(35-25-21(32)10-8-12-23(25)34-18)44-20-15-24-26(39)36-31(29(41)37-45(42,43)30(2)13-14-30)16-19(31)9-6-4-3-5-7-11-22(33)28(40)38(24)17-20/h6,8-10,12,19-20,22,24H,3-5,7,11,13-17,33H2,1-2H3,(H,36,39)(H,37,41)/b9-6-/t19-,20-,22+,24+,31-/m1/s1. The average molecular weight is 643 g/mol. The Kier molecular flexibility index (Phi) is 8.09. The molecule has 5 atom stereocenters. The van der Waals surface area contributed by atoms with Crippen molar-refractivity contribution < 1.29 is 31.9 Å². The second kappa shape index (κ2) is 11.6. The third kappa shape index (κ3) is 6.01. The highest BCUT2D eigenvalue weighted by Crippen LogP contribution is 2.47. The molecule has 1 aromatic carbocycles. The van der Waals surface area contributed by atoms with Crippen molar-refractivity contribution in [3.8, 4) is 5.88 Å². The molecule has 0 radical (unpaired) electrons. The summed E-state index contributed by atoms with van der Waals surface area (Å²) < 4.78 is 47.7. The molecule has 45 heavy (non-hydrogen) atoms. The third-order valence-electron chi connectivity index (χ3n) is 9.57. The second-order valence-corrected chi connectivity index (χ2v) is 15.2. The lowest BCUT2D eigenvalue weighted by molar-refractivity contribution is -0.140. The van der Waals surface area contributed by atoms with Crippen molar-refractivity contribution in [3.05, 3.63) is 41.9 Å². The molecule has 0 spiro atoms. The fourth-order valence-corrected chi connectivity index (χ4v) is 7.54. The van der Waals surface area contributed by atoms with Crippen LogP contribution in [0.15, 0.2) is 30.4 Å². The van der Waals surface area contributed by atoms with E-state index in [2.05, 4.69) is 20.0 Å². The van der Waals surface area contributed by atoms with Gasteiger partial charge in [0.05, 0.1) is 22.9 Å². The van der Waals surface area contributed by atoms with Gasteiger partial charge in [-0.05, 0) is 64.5 Å². The van der Waals surface area contributed by atoms with Crippen LogP contribution in [0.4, 0.5) is 4.39 Å². The van der Waals surface area contributed by atoms with E-state index in [4.69, 9.17) is 10.5 Å². The Morgan fingerprint density at radius 1 is 1.20 bits per heavy atom. The molecule has 4 N–H and O–H groups in total. The summed E-state index contributed by atoms with van der Waals surface area (Å²) in [6.07, 6.45) is 7.92. The Bertz CT molecular complexity index is 1680. The van der Waals surface area contributed by atoms with Crippen LogP contribution in [0.3, 0.4) is 0 Å². The van der Waals surface area contributed by atoms with E-state index in [-0.39, 0.29) is 30.8 Å². The monoisotopic (exact) mass is 642 g/mol. The van der Waals surface area contributed by atoms with Gasteiger partial charge in [-0.1, -0.05) is 31.1 Å². The van der Waals surface area contributed by atoms with Crippen LogP contribution in [0.5, 0.6) is 5.88 Å². The van der Waals surface area contributed by atoms with Crippen molar-refractivity contribution in [2.75, 3.05) is 6.54 Å². The Morgan fingerprint density at radius 3 is 2.73 bits per heavy atom. The number of carbonyl (C=O) groups is 3. The second-order valence-electron chi connectivity index (χ2n) is 13.0. The van der Waals surface area contributed by atoms with Crippen molar-refractivity contribution in [1.29, 1.82) is 0 Å². The highest BCUT2D eigenvalue weighted by Gasteiger charge is 2.63. The minimum atomic E-state index is -3.95. The number of allylic oxidation sites excluding steroid dienone is 1. The third-order valence-corrected chi connectivity index (χ3v) is 11.7. The molecule has 2 saturated carbocycles. The van der Waals surface area contributed by atoms with E-state index in [0.717, 1.165) is 25.7 Å². The number of nitrogens with two attached hydrogens (primary N) is 1. The lowest BCUT2D eigenvalue weighted by Gasteiger charge is -2.28. The van der Waals surface area contributed by atoms with Crippen molar-refractivity contribution in [1.82, 2.24) is 24.9 Å². The summed E-state index contributed by atoms with van der Waals surface area (Å²) in [5.41, 5.74) is 5.67. The Balaban J connectivity index is 1.27. The van der Waals surface area contributed by atoms with Crippen molar-refractivity contribution in [2.45, 2.75) is 100 Å². The summed E-state index contributed by atoms with van der Waals surface area (Å²) in [5.74, 6) is -2.69. The summed E-state index contributed by atoms with van der Waals surface area (Å²) in [4.78, 5) is 51.3. The molecule has 3 amide bonds. The molecular weight excluding hydrogens is 603 g/mol. The van der Waals surface area contributed by atoms with Gasteiger partial charge in [-0.25, -0.2) is 22.8 Å². The summed E-state index contributed by atoms with van der Waals surface area (Å²) in [6.45, 7) is 3.27. The van der Waals surface area contributed by atoms with Crippen molar-refractivity contribution >= 4 is 38.8 Å². The number of sulfonamides is 1. The van der Waals surface area contributed by atoms with Gasteiger partial charge in [-0.3, -0.25) is 19.1 Å². The summed E-state index contributed by atoms with van der Waals surface area (Å²) in [5, 5.41) is 2.83. The van der Waals surface area contributed by atoms with Gasteiger partial charge in [0, 0.05) is 12.3 Å². The minimum Gasteiger partial charge on any atom is -0.471 e. The van der Waals surface area contributed by atoms with Gasteiger partial charge in [-0.15, -0.1) is 0 Å². The first-order valence-electron chi connectivity index (χ1n) is 15.5. The van der Waals surface area contributed by atoms with Crippen LogP contribution in [-0.4, -0.2) is 76.0 Å². The smallest absolute Gasteiger partial charge is 0.259 e. The number of hydrogen-bond acceptors (Lipinski definition) is 9. The Hall–Kier alpha value is -3.65. The Morgan fingerprint density at radius 2 is 1.98 bits per heavy atom. The maximum atomic E-state index is 14.5. The molecule has 1 aromatic heterocycles. The summed E-state index contributed by atoms with van der Waals surface area (Å²) in [7, 11) is -3.95. The molecule has 0 bridgehead atoms. The number of halogens is 1. The van der Waals surface area contributed by atoms with Crippen LogP contribution >= 0.6 is 0 Å². The molecule has 242 valence electrons. The van der Waals surface area contributed by atoms with Crippen LogP contribution in [0.2, 0.25) is 0 Å². The number of fused-ring (bicyclic) bond motifs is 3. The first-order valence-corrected chi connectivity index (χ1v) is 17.0. The average Bonchev–Trinajstić information content (AvgIpc) is 3.86. The zero-order valence-electron chi connectivity index (χ0n) is 25.4. The topological polar surface area (TPSA) is 174 Å². The number of aromatic nitrogens is 2. The molecule has 2 aliphatic heterocycles. The number of para-hydroxylation sites is 1. The number of nitrogens with one attached hydrogen (secondary N) is 2. The zero-order chi connectivity index (χ0) is 32.1. The summed E-state index contributed by atoms with van der Waals surface area (Å²) in [6, 6.07) is 2.57. The van der Waals surface area contributed by atoms with Crippen molar-refractivity contribution in [2.24, 2.45) is 11.7 Å². The zero-order valence-corrected chi connectivity index (χ0v) is 26.2. The molecule has 2 aliphatic carbocycles. The fourth-order valence-electron chi connectivity index (χ4n) is 6.23. The van der Waals surface area contributed by atoms with E-state index >= 15 is 0 Å². The van der Waals surface area contributed by atoms with E-state index in [1.807, 2.05) is 12.2 Å². The molecule has 2 aromatic rings. The molecule has 3 heterocycles. The number of rotatable bonds is 5. The number of ether oxygens (including phenoxy) is 1. The molecular formula is C31H39FN6O6S. The predicted molar refractivity (Wildman–Crippen MR) is 163 cm³/mol. The lowest BCUT2D eigenvalue weighted by Crippen LogP contribution is -2.58.